The second kappa shape index (κ2) is 59.9. The third kappa shape index (κ3) is 57.1. The SMILES string of the molecule is CC/C=C\C/C=C\C/C=C\C/C=C\C/C=C\CCCCCCCCCCCC(=O)OC(CO)COC(=O)CCCCCCCCCCCCCCCCCCCC/C=C\C/C=C\C/C=C\C/C=C\CC. The fraction of sp³-hybridized carbons (Fsp3) is 0.692. The Morgan fingerprint density at radius 2 is 0.571 bits per heavy atom. The van der Waals surface area contributed by atoms with Crippen molar-refractivity contribution in [3.63, 3.8) is 0 Å². The lowest BCUT2D eigenvalue weighted by atomic mass is 10.0. The maximum Gasteiger partial charge on any atom is 0.306 e. The van der Waals surface area contributed by atoms with E-state index in [9.17, 15) is 14.7 Å². The van der Waals surface area contributed by atoms with Gasteiger partial charge in [-0.25, -0.2) is 0 Å². The zero-order chi connectivity index (χ0) is 50.6. The zero-order valence-corrected chi connectivity index (χ0v) is 45.7. The number of hydrogen-bond acceptors (Lipinski definition) is 5. The van der Waals surface area contributed by atoms with E-state index in [1.165, 1.54) is 148 Å². The van der Waals surface area contributed by atoms with Gasteiger partial charge in [0.05, 0.1) is 6.61 Å². The molecular formula is C65H110O5. The van der Waals surface area contributed by atoms with Crippen LogP contribution in [0.1, 0.15) is 271 Å². The number of unbranched alkanes of at least 4 members (excludes halogenated alkanes) is 27. The Bertz CT molecular complexity index is 1380. The van der Waals surface area contributed by atoms with Gasteiger partial charge in [-0.1, -0.05) is 271 Å². The summed E-state index contributed by atoms with van der Waals surface area (Å²) in [5, 5.41) is 9.67. The largest absolute Gasteiger partial charge is 0.462 e. The van der Waals surface area contributed by atoms with Gasteiger partial charge in [0, 0.05) is 12.8 Å². The van der Waals surface area contributed by atoms with Gasteiger partial charge in [-0.2, -0.15) is 0 Å². The lowest BCUT2D eigenvalue weighted by Gasteiger charge is -2.15. The first kappa shape index (κ1) is 66.6. The van der Waals surface area contributed by atoms with Crippen molar-refractivity contribution in [1.82, 2.24) is 0 Å². The van der Waals surface area contributed by atoms with E-state index in [0.29, 0.717) is 12.8 Å². The van der Waals surface area contributed by atoms with E-state index in [1.54, 1.807) is 0 Å². The third-order valence-electron chi connectivity index (χ3n) is 12.6. The normalized spacial score (nSPS) is 13.0. The quantitative estimate of drug-likeness (QED) is 0.0373. The molecule has 0 rings (SSSR count). The smallest absolute Gasteiger partial charge is 0.306 e. The first-order valence-electron chi connectivity index (χ1n) is 29.4. The lowest BCUT2D eigenvalue weighted by Crippen LogP contribution is -2.28. The monoisotopic (exact) mass is 971 g/mol. The van der Waals surface area contributed by atoms with Crippen LogP contribution in [0.5, 0.6) is 0 Å². The number of esters is 2. The number of allylic oxidation sites excluding steroid dienone is 18. The summed E-state index contributed by atoms with van der Waals surface area (Å²) in [4.78, 5) is 24.6. The molecule has 1 unspecified atom stereocenters. The molecule has 0 amide bonds. The van der Waals surface area contributed by atoms with Crippen molar-refractivity contribution in [3.05, 3.63) is 109 Å². The zero-order valence-electron chi connectivity index (χ0n) is 45.7. The highest BCUT2D eigenvalue weighted by molar-refractivity contribution is 5.70. The van der Waals surface area contributed by atoms with Crippen molar-refractivity contribution in [2.45, 2.75) is 277 Å². The van der Waals surface area contributed by atoms with Gasteiger partial charge in [-0.3, -0.25) is 9.59 Å². The summed E-state index contributed by atoms with van der Waals surface area (Å²) in [6.07, 6.45) is 86.4. The molecule has 0 radical (unpaired) electrons. The van der Waals surface area contributed by atoms with Gasteiger partial charge in [-0.05, 0) is 96.3 Å². The van der Waals surface area contributed by atoms with E-state index in [2.05, 4.69) is 123 Å². The maximum absolute atomic E-state index is 12.3. The number of aliphatic hydroxyl groups excluding tert-OH is 1. The van der Waals surface area contributed by atoms with Crippen LogP contribution in [-0.2, 0) is 19.1 Å². The molecule has 0 saturated heterocycles. The van der Waals surface area contributed by atoms with Crippen LogP contribution in [0.15, 0.2) is 109 Å². The third-order valence-corrected chi connectivity index (χ3v) is 12.6. The predicted molar refractivity (Wildman–Crippen MR) is 306 cm³/mol. The topological polar surface area (TPSA) is 72.8 Å². The molecule has 0 aliphatic heterocycles. The van der Waals surface area contributed by atoms with Gasteiger partial charge in [0.1, 0.15) is 6.61 Å². The highest BCUT2D eigenvalue weighted by Crippen LogP contribution is 2.16. The van der Waals surface area contributed by atoms with Crippen LogP contribution in [0.25, 0.3) is 0 Å². The minimum absolute atomic E-state index is 0.0714. The summed E-state index contributed by atoms with van der Waals surface area (Å²) in [7, 11) is 0. The summed E-state index contributed by atoms with van der Waals surface area (Å²) in [6.45, 7) is 3.93. The van der Waals surface area contributed by atoms with E-state index in [4.69, 9.17) is 9.47 Å². The second-order valence-corrected chi connectivity index (χ2v) is 19.3. The molecule has 70 heavy (non-hydrogen) atoms. The Morgan fingerprint density at radius 1 is 0.329 bits per heavy atom. The lowest BCUT2D eigenvalue weighted by molar-refractivity contribution is -0.161. The Kier molecular flexibility index (Phi) is 56.9. The van der Waals surface area contributed by atoms with Crippen molar-refractivity contribution >= 4 is 11.9 Å². The van der Waals surface area contributed by atoms with E-state index < -0.39 is 6.10 Å². The molecule has 5 heteroatoms. The highest BCUT2D eigenvalue weighted by atomic mass is 16.6. The van der Waals surface area contributed by atoms with E-state index in [1.807, 2.05) is 0 Å². The highest BCUT2D eigenvalue weighted by Gasteiger charge is 2.16. The number of aliphatic hydroxyl groups is 1. The number of rotatable bonds is 53. The number of carbonyl (C=O) groups excluding carboxylic acids is 2. The van der Waals surface area contributed by atoms with Crippen molar-refractivity contribution in [2.24, 2.45) is 0 Å². The van der Waals surface area contributed by atoms with Crippen LogP contribution in [0, 0.1) is 0 Å². The molecule has 0 aromatic rings. The van der Waals surface area contributed by atoms with Crippen molar-refractivity contribution < 1.29 is 24.2 Å². The summed E-state index contributed by atoms with van der Waals surface area (Å²) in [5.41, 5.74) is 0. The van der Waals surface area contributed by atoms with Gasteiger partial charge >= 0.3 is 11.9 Å². The number of hydrogen-bond donors (Lipinski definition) is 1. The van der Waals surface area contributed by atoms with Gasteiger partial charge < -0.3 is 14.6 Å². The number of ether oxygens (including phenoxy) is 2. The molecule has 0 bridgehead atoms. The van der Waals surface area contributed by atoms with Crippen molar-refractivity contribution in [2.75, 3.05) is 13.2 Å². The van der Waals surface area contributed by atoms with Crippen molar-refractivity contribution in [3.8, 4) is 0 Å². The van der Waals surface area contributed by atoms with Crippen LogP contribution in [0.2, 0.25) is 0 Å². The minimum Gasteiger partial charge on any atom is -0.462 e. The van der Waals surface area contributed by atoms with Gasteiger partial charge in [0.2, 0.25) is 0 Å². The average Bonchev–Trinajstić information content (AvgIpc) is 3.36. The van der Waals surface area contributed by atoms with Gasteiger partial charge in [0.15, 0.2) is 6.10 Å². The molecule has 0 spiro atoms. The molecule has 0 heterocycles. The molecule has 0 aliphatic carbocycles. The van der Waals surface area contributed by atoms with Crippen LogP contribution < -0.4 is 0 Å². The molecule has 1 atom stereocenters. The van der Waals surface area contributed by atoms with Crippen LogP contribution in [0.3, 0.4) is 0 Å². The predicted octanol–water partition coefficient (Wildman–Crippen LogP) is 20.1. The Balaban J connectivity index is 3.49. The minimum atomic E-state index is -0.782. The molecule has 0 aliphatic rings. The molecule has 0 aromatic carbocycles. The van der Waals surface area contributed by atoms with E-state index >= 15 is 0 Å². The summed E-state index contributed by atoms with van der Waals surface area (Å²) in [5.74, 6) is -0.594. The van der Waals surface area contributed by atoms with Crippen LogP contribution >= 0.6 is 0 Å². The summed E-state index contributed by atoms with van der Waals surface area (Å²) < 4.78 is 10.7. The Labute approximate surface area is 433 Å². The Hall–Kier alpha value is -3.44. The second-order valence-electron chi connectivity index (χ2n) is 19.3. The van der Waals surface area contributed by atoms with Gasteiger partial charge in [0.25, 0.3) is 0 Å². The molecule has 1 N–H and O–H groups in total. The fourth-order valence-electron chi connectivity index (χ4n) is 8.22. The van der Waals surface area contributed by atoms with Crippen LogP contribution in [0.4, 0.5) is 0 Å². The molecule has 0 saturated carbocycles. The first-order valence-corrected chi connectivity index (χ1v) is 29.4. The molecule has 5 nitrogen and oxygen atoms in total. The molecule has 0 fully saturated rings. The fourth-order valence-corrected chi connectivity index (χ4v) is 8.22. The first-order chi connectivity index (χ1) is 34.6. The standard InChI is InChI=1S/C65H110O5/c1-3-5-7-9-11-13-15-17-19-21-23-25-27-29-30-31-32-33-34-36-37-39-41-43-45-47-49-51-53-55-57-59-64(67)69-62-63(61-66)70-65(68)60-58-56-54-52-50-48-46-44-42-40-38-35-28-26-24-22-20-18-16-14-12-10-8-6-4-2/h5-8,11-14,17-20,23-26,35,38,63,66H,3-4,9-10,15-16,21-22,27-34,36-37,39-62H2,1-2H3/b7-5-,8-6-,13-11-,14-12-,19-17-,20-18-,25-23-,26-24-,38-35-. The van der Waals surface area contributed by atoms with Crippen LogP contribution in [-0.4, -0.2) is 36.4 Å². The Morgan fingerprint density at radius 3 is 0.857 bits per heavy atom. The maximum atomic E-state index is 12.3. The summed E-state index contributed by atoms with van der Waals surface area (Å²) in [6, 6.07) is 0. The summed E-state index contributed by atoms with van der Waals surface area (Å²) >= 11 is 0. The van der Waals surface area contributed by atoms with E-state index in [0.717, 1.165) is 96.3 Å². The molecule has 400 valence electrons. The number of carbonyl (C=O) groups is 2. The molecule has 0 aromatic heterocycles. The van der Waals surface area contributed by atoms with Crippen molar-refractivity contribution in [1.29, 1.82) is 0 Å². The van der Waals surface area contributed by atoms with Gasteiger partial charge in [-0.15, -0.1) is 0 Å². The average molecular weight is 972 g/mol. The van der Waals surface area contributed by atoms with E-state index in [-0.39, 0.29) is 25.2 Å². The molecular weight excluding hydrogens is 861 g/mol.